The molecule has 2 nitrogen and oxygen atoms in total. The highest BCUT2D eigenvalue weighted by Gasteiger charge is 2.21. The van der Waals surface area contributed by atoms with Crippen LogP contribution in [0.1, 0.15) is 30.6 Å². The highest BCUT2D eigenvalue weighted by molar-refractivity contribution is 9.10. The van der Waals surface area contributed by atoms with Crippen molar-refractivity contribution in [3.8, 4) is 0 Å². The third-order valence-corrected chi connectivity index (χ3v) is 3.82. The van der Waals surface area contributed by atoms with Gasteiger partial charge in [-0.2, -0.15) is 0 Å². The lowest BCUT2D eigenvalue weighted by atomic mass is 10.0. The number of carboxylic acid groups (broad SMARTS) is 1. The van der Waals surface area contributed by atoms with Gasteiger partial charge in [-0.25, -0.2) is 0 Å². The quantitative estimate of drug-likeness (QED) is 0.902. The van der Waals surface area contributed by atoms with Crippen molar-refractivity contribution in [2.45, 2.75) is 25.7 Å². The molecule has 0 saturated carbocycles. The number of carboxylic acids is 1. The van der Waals surface area contributed by atoms with Crippen molar-refractivity contribution >= 4 is 33.2 Å². The summed E-state index contributed by atoms with van der Waals surface area (Å²) in [5.74, 6) is -1.08. The maximum absolute atomic E-state index is 10.9. The third-order valence-electron chi connectivity index (χ3n) is 1.84. The maximum atomic E-state index is 10.9. The Labute approximate surface area is 89.7 Å². The van der Waals surface area contributed by atoms with E-state index in [4.69, 9.17) is 5.11 Å². The topological polar surface area (TPSA) is 37.3 Å². The number of hydrogen-bond acceptors (Lipinski definition) is 2. The average Bonchev–Trinajstić information content (AvgIpc) is 2.47. The summed E-state index contributed by atoms with van der Waals surface area (Å²) in [4.78, 5) is 11.9. The van der Waals surface area contributed by atoms with E-state index in [-0.39, 0.29) is 5.92 Å². The van der Waals surface area contributed by atoms with Crippen LogP contribution in [0.3, 0.4) is 0 Å². The molecule has 1 unspecified atom stereocenters. The van der Waals surface area contributed by atoms with Crippen molar-refractivity contribution in [3.05, 3.63) is 20.8 Å². The first-order chi connectivity index (χ1) is 6.16. The number of rotatable bonds is 4. The van der Waals surface area contributed by atoms with Crippen LogP contribution in [0.25, 0.3) is 0 Å². The van der Waals surface area contributed by atoms with Crippen LogP contribution in [0.15, 0.2) is 15.9 Å². The van der Waals surface area contributed by atoms with Gasteiger partial charge in [0, 0.05) is 9.35 Å². The van der Waals surface area contributed by atoms with Gasteiger partial charge >= 0.3 is 5.97 Å². The molecule has 0 aliphatic heterocycles. The predicted molar refractivity (Wildman–Crippen MR) is 57.3 cm³/mol. The molecule has 1 atom stereocenters. The van der Waals surface area contributed by atoms with Crippen LogP contribution >= 0.6 is 27.3 Å². The van der Waals surface area contributed by atoms with Gasteiger partial charge in [0.15, 0.2) is 0 Å². The largest absolute Gasteiger partial charge is 0.481 e. The Morgan fingerprint density at radius 1 is 1.77 bits per heavy atom. The van der Waals surface area contributed by atoms with Crippen molar-refractivity contribution in [3.63, 3.8) is 0 Å². The number of hydrogen-bond donors (Lipinski definition) is 1. The SMILES string of the molecule is CCCC(C(=O)O)c1sccc1Br. The van der Waals surface area contributed by atoms with Crippen molar-refractivity contribution in [2.24, 2.45) is 0 Å². The van der Waals surface area contributed by atoms with E-state index in [9.17, 15) is 4.79 Å². The second-order valence-electron chi connectivity index (χ2n) is 2.81. The molecule has 0 saturated heterocycles. The molecule has 1 aromatic heterocycles. The fraction of sp³-hybridized carbons (Fsp3) is 0.444. The van der Waals surface area contributed by atoms with E-state index in [1.165, 1.54) is 11.3 Å². The lowest BCUT2D eigenvalue weighted by Crippen LogP contribution is -2.10. The highest BCUT2D eigenvalue weighted by atomic mass is 79.9. The van der Waals surface area contributed by atoms with Crippen LogP contribution in [0.5, 0.6) is 0 Å². The van der Waals surface area contributed by atoms with Crippen molar-refractivity contribution in [2.75, 3.05) is 0 Å². The van der Waals surface area contributed by atoms with Gasteiger partial charge in [-0.3, -0.25) is 4.79 Å². The summed E-state index contributed by atoms with van der Waals surface area (Å²) in [5.41, 5.74) is 0. The molecule has 0 spiro atoms. The number of thiophene rings is 1. The second-order valence-corrected chi connectivity index (χ2v) is 4.61. The molecule has 13 heavy (non-hydrogen) atoms. The maximum Gasteiger partial charge on any atom is 0.311 e. The van der Waals surface area contributed by atoms with E-state index >= 15 is 0 Å². The second kappa shape index (κ2) is 4.77. The van der Waals surface area contributed by atoms with E-state index in [2.05, 4.69) is 15.9 Å². The minimum atomic E-state index is -0.731. The first-order valence-corrected chi connectivity index (χ1v) is 5.79. The van der Waals surface area contributed by atoms with Gasteiger partial charge in [0.25, 0.3) is 0 Å². The fourth-order valence-corrected chi connectivity index (χ4v) is 2.99. The summed E-state index contributed by atoms with van der Waals surface area (Å²) in [5, 5.41) is 10.9. The molecule has 72 valence electrons. The van der Waals surface area contributed by atoms with Gasteiger partial charge in [-0.15, -0.1) is 11.3 Å². The van der Waals surface area contributed by atoms with Crippen LogP contribution in [0.4, 0.5) is 0 Å². The fourth-order valence-electron chi connectivity index (χ4n) is 1.21. The van der Waals surface area contributed by atoms with Gasteiger partial charge in [-0.1, -0.05) is 13.3 Å². The first kappa shape index (κ1) is 10.7. The van der Waals surface area contributed by atoms with Crippen LogP contribution in [-0.2, 0) is 4.79 Å². The molecule has 4 heteroatoms. The Morgan fingerprint density at radius 2 is 2.46 bits per heavy atom. The average molecular weight is 263 g/mol. The molecule has 1 rings (SSSR count). The normalized spacial score (nSPS) is 12.8. The Hall–Kier alpha value is -0.350. The van der Waals surface area contributed by atoms with Gasteiger partial charge in [0.1, 0.15) is 0 Å². The zero-order valence-electron chi connectivity index (χ0n) is 7.29. The molecule has 0 aliphatic rings. The molecule has 0 radical (unpaired) electrons. The third kappa shape index (κ3) is 2.54. The lowest BCUT2D eigenvalue weighted by molar-refractivity contribution is -0.138. The molecule has 0 amide bonds. The first-order valence-electron chi connectivity index (χ1n) is 4.12. The van der Waals surface area contributed by atoms with Crippen LogP contribution < -0.4 is 0 Å². The van der Waals surface area contributed by atoms with Crippen LogP contribution in [0, 0.1) is 0 Å². The molecule has 0 aromatic carbocycles. The van der Waals surface area contributed by atoms with Gasteiger partial charge < -0.3 is 5.11 Å². The Morgan fingerprint density at radius 3 is 2.85 bits per heavy atom. The summed E-state index contributed by atoms with van der Waals surface area (Å²) < 4.78 is 0.915. The number of aliphatic carboxylic acids is 1. The summed E-state index contributed by atoms with van der Waals surface area (Å²) >= 11 is 4.85. The zero-order valence-corrected chi connectivity index (χ0v) is 9.69. The monoisotopic (exact) mass is 262 g/mol. The summed E-state index contributed by atoms with van der Waals surface area (Å²) in [6.07, 6.45) is 1.59. The standard InChI is InChI=1S/C9H11BrO2S/c1-2-3-6(9(11)12)8-7(10)4-5-13-8/h4-6H,2-3H2,1H3,(H,11,12). The van der Waals surface area contributed by atoms with Crippen LogP contribution in [0.2, 0.25) is 0 Å². The van der Waals surface area contributed by atoms with E-state index in [0.717, 1.165) is 15.8 Å². The lowest BCUT2D eigenvalue weighted by Gasteiger charge is -2.09. The molecule has 1 aromatic rings. The number of halogens is 1. The Kier molecular flexibility index (Phi) is 3.93. The predicted octanol–water partition coefficient (Wildman–Crippen LogP) is 3.48. The molecule has 1 N–H and O–H groups in total. The van der Waals surface area contributed by atoms with E-state index in [1.54, 1.807) is 0 Å². The highest BCUT2D eigenvalue weighted by Crippen LogP contribution is 2.33. The molecular formula is C9H11BrO2S. The van der Waals surface area contributed by atoms with Gasteiger partial charge in [0.2, 0.25) is 0 Å². The van der Waals surface area contributed by atoms with Crippen LogP contribution in [-0.4, -0.2) is 11.1 Å². The summed E-state index contributed by atoms with van der Waals surface area (Å²) in [6, 6.07) is 1.89. The number of carbonyl (C=O) groups is 1. The Bertz CT molecular complexity index is 296. The van der Waals surface area contributed by atoms with Gasteiger partial charge in [-0.05, 0) is 33.8 Å². The van der Waals surface area contributed by atoms with Crippen molar-refractivity contribution in [1.29, 1.82) is 0 Å². The van der Waals surface area contributed by atoms with E-state index in [0.29, 0.717) is 6.42 Å². The van der Waals surface area contributed by atoms with Crippen molar-refractivity contribution in [1.82, 2.24) is 0 Å². The van der Waals surface area contributed by atoms with Gasteiger partial charge in [0.05, 0.1) is 5.92 Å². The van der Waals surface area contributed by atoms with E-state index < -0.39 is 5.97 Å². The summed E-state index contributed by atoms with van der Waals surface area (Å²) in [7, 11) is 0. The zero-order chi connectivity index (χ0) is 9.84. The smallest absolute Gasteiger partial charge is 0.311 e. The molecule has 0 bridgehead atoms. The molecule has 0 fully saturated rings. The van der Waals surface area contributed by atoms with E-state index in [1.807, 2.05) is 18.4 Å². The molecule has 0 aliphatic carbocycles. The molecule has 1 heterocycles. The minimum absolute atomic E-state index is 0.348. The summed E-state index contributed by atoms with van der Waals surface area (Å²) in [6.45, 7) is 2.00. The Balaban J connectivity index is 2.88. The van der Waals surface area contributed by atoms with Crippen molar-refractivity contribution < 1.29 is 9.90 Å². The minimum Gasteiger partial charge on any atom is -0.481 e. The molecular weight excluding hydrogens is 252 g/mol.